The third kappa shape index (κ3) is 4.76. The Hall–Kier alpha value is -5.54. The van der Waals surface area contributed by atoms with Crippen LogP contribution in [0.2, 0.25) is 0 Å². The topological polar surface area (TPSA) is 36.8 Å². The highest BCUT2D eigenvalue weighted by Gasteiger charge is 2.35. The molecule has 6 aromatic carbocycles. The van der Waals surface area contributed by atoms with Gasteiger partial charge in [-0.1, -0.05) is 147 Å². The molecule has 3 nitrogen and oxygen atoms in total. The molecule has 0 fully saturated rings. The molecule has 0 aromatic heterocycles. The van der Waals surface area contributed by atoms with Gasteiger partial charge in [-0.05, 0) is 75.2 Å². The van der Waals surface area contributed by atoms with Crippen molar-refractivity contribution in [2.45, 2.75) is 31.8 Å². The summed E-state index contributed by atoms with van der Waals surface area (Å²) in [7, 11) is 0. The molecule has 1 heterocycles. The molecule has 0 radical (unpaired) electrons. The molecule has 2 aliphatic rings. The van der Waals surface area contributed by atoms with Crippen LogP contribution in [0.25, 0.3) is 33.4 Å². The first-order chi connectivity index (χ1) is 22.4. The summed E-state index contributed by atoms with van der Waals surface area (Å²) in [6.07, 6.45) is 0. The largest absolute Gasteiger partial charge is 0.342 e. The fourth-order valence-corrected chi connectivity index (χ4v) is 6.98. The Morgan fingerprint density at radius 2 is 1.02 bits per heavy atom. The molecule has 222 valence electrons. The Morgan fingerprint density at radius 1 is 0.457 bits per heavy atom. The van der Waals surface area contributed by atoms with Gasteiger partial charge >= 0.3 is 0 Å². The van der Waals surface area contributed by atoms with Gasteiger partial charge in [-0.2, -0.15) is 0 Å². The molecule has 0 bridgehead atoms. The van der Waals surface area contributed by atoms with E-state index in [1.807, 2.05) is 36.4 Å². The van der Waals surface area contributed by atoms with E-state index in [1.165, 1.54) is 38.9 Å². The van der Waals surface area contributed by atoms with E-state index in [4.69, 9.17) is 9.98 Å². The number of nitrogens with one attached hydrogen (secondary N) is 1. The van der Waals surface area contributed by atoms with Crippen molar-refractivity contribution in [2.75, 3.05) is 0 Å². The van der Waals surface area contributed by atoms with Crippen LogP contribution in [0, 0.1) is 0 Å². The zero-order valence-electron chi connectivity index (χ0n) is 26.3. The first-order valence-corrected chi connectivity index (χ1v) is 15.9. The van der Waals surface area contributed by atoms with Crippen molar-refractivity contribution >= 4 is 11.7 Å². The fourth-order valence-electron chi connectivity index (χ4n) is 6.98. The molecule has 1 aliphatic carbocycles. The SMILES string of the molecule is CC1(C)c2ccccc2-c2ccc(-c3cccc(-c4cccc([C@@]5(C)N=C(c6ccccc6)N=C(c6ccccc6)N5)c4)c3)cc21. The van der Waals surface area contributed by atoms with E-state index >= 15 is 0 Å². The van der Waals surface area contributed by atoms with Crippen molar-refractivity contribution in [1.82, 2.24) is 5.32 Å². The lowest BCUT2D eigenvalue weighted by Crippen LogP contribution is -2.46. The first-order valence-electron chi connectivity index (χ1n) is 15.9. The van der Waals surface area contributed by atoms with Crippen LogP contribution in [-0.4, -0.2) is 11.7 Å². The monoisotopic (exact) mass is 593 g/mol. The second-order valence-corrected chi connectivity index (χ2v) is 12.9. The molecule has 0 saturated carbocycles. The second kappa shape index (κ2) is 10.8. The number of nitrogens with zero attached hydrogens (tertiary/aromatic N) is 2. The smallest absolute Gasteiger partial charge is 0.159 e. The highest BCUT2D eigenvalue weighted by atomic mass is 15.2. The van der Waals surface area contributed by atoms with Crippen molar-refractivity contribution in [1.29, 1.82) is 0 Å². The summed E-state index contributed by atoms with van der Waals surface area (Å²) < 4.78 is 0. The minimum absolute atomic E-state index is 0.0304. The molecule has 1 aliphatic heterocycles. The molecule has 0 amide bonds. The van der Waals surface area contributed by atoms with E-state index in [9.17, 15) is 0 Å². The third-order valence-electron chi connectivity index (χ3n) is 9.53. The summed E-state index contributed by atoms with van der Waals surface area (Å²) in [4.78, 5) is 10.2. The van der Waals surface area contributed by atoms with Crippen LogP contribution >= 0.6 is 0 Å². The first kappa shape index (κ1) is 28.0. The maximum atomic E-state index is 5.21. The minimum atomic E-state index is -0.716. The molecular weight excluding hydrogens is 558 g/mol. The summed E-state index contributed by atoms with van der Waals surface area (Å²) in [5, 5.41) is 3.68. The van der Waals surface area contributed by atoms with E-state index in [2.05, 4.69) is 141 Å². The van der Waals surface area contributed by atoms with E-state index in [0.717, 1.165) is 33.9 Å². The summed E-state index contributed by atoms with van der Waals surface area (Å²) in [5.41, 5.74) is 12.6. The van der Waals surface area contributed by atoms with Gasteiger partial charge in [0.25, 0.3) is 0 Å². The molecular formula is C43H35N3. The number of fused-ring (bicyclic) bond motifs is 3. The number of amidine groups is 2. The zero-order valence-corrected chi connectivity index (χ0v) is 26.3. The van der Waals surface area contributed by atoms with Crippen LogP contribution in [0.4, 0.5) is 0 Å². The van der Waals surface area contributed by atoms with Crippen LogP contribution in [0.3, 0.4) is 0 Å². The van der Waals surface area contributed by atoms with Gasteiger partial charge in [-0.3, -0.25) is 0 Å². The second-order valence-electron chi connectivity index (χ2n) is 12.9. The molecule has 8 rings (SSSR count). The van der Waals surface area contributed by atoms with Crippen molar-refractivity contribution in [3.05, 3.63) is 179 Å². The molecule has 3 heteroatoms. The zero-order chi connectivity index (χ0) is 31.3. The van der Waals surface area contributed by atoms with Gasteiger partial charge in [0.1, 0.15) is 5.84 Å². The minimum Gasteiger partial charge on any atom is -0.342 e. The summed E-state index contributed by atoms with van der Waals surface area (Å²) in [5.74, 6) is 1.53. The van der Waals surface area contributed by atoms with Crippen LogP contribution in [-0.2, 0) is 11.1 Å². The predicted octanol–water partition coefficient (Wildman–Crippen LogP) is 10.00. The number of benzene rings is 6. The Labute approximate surface area is 271 Å². The Kier molecular flexibility index (Phi) is 6.58. The van der Waals surface area contributed by atoms with Gasteiger partial charge < -0.3 is 5.32 Å². The van der Waals surface area contributed by atoms with E-state index in [1.54, 1.807) is 0 Å². The van der Waals surface area contributed by atoms with Crippen LogP contribution in [0.15, 0.2) is 162 Å². The maximum absolute atomic E-state index is 5.21. The van der Waals surface area contributed by atoms with Crippen LogP contribution in [0.5, 0.6) is 0 Å². The average molecular weight is 594 g/mol. The third-order valence-corrected chi connectivity index (χ3v) is 9.53. The van der Waals surface area contributed by atoms with Crippen molar-refractivity contribution in [2.24, 2.45) is 9.98 Å². The molecule has 0 spiro atoms. The van der Waals surface area contributed by atoms with Gasteiger partial charge in [-0.15, -0.1) is 0 Å². The summed E-state index contributed by atoms with van der Waals surface area (Å²) >= 11 is 0. The van der Waals surface area contributed by atoms with E-state index in [0.29, 0.717) is 0 Å². The highest BCUT2D eigenvalue weighted by Crippen LogP contribution is 2.49. The fraction of sp³-hybridized carbons (Fsp3) is 0.116. The average Bonchev–Trinajstić information content (AvgIpc) is 3.34. The Balaban J connectivity index is 1.16. The van der Waals surface area contributed by atoms with Crippen molar-refractivity contribution in [3.8, 4) is 33.4 Å². The number of hydrogen-bond acceptors (Lipinski definition) is 3. The molecule has 0 saturated heterocycles. The molecule has 0 unspecified atom stereocenters. The lowest BCUT2D eigenvalue weighted by atomic mass is 9.81. The lowest BCUT2D eigenvalue weighted by molar-refractivity contribution is 0.455. The van der Waals surface area contributed by atoms with Gasteiger partial charge in [0.15, 0.2) is 11.5 Å². The Bertz CT molecular complexity index is 2160. The number of hydrogen-bond donors (Lipinski definition) is 1. The van der Waals surface area contributed by atoms with Gasteiger partial charge in [-0.25, -0.2) is 9.98 Å². The number of aliphatic imine (C=N–C) groups is 2. The molecule has 1 atom stereocenters. The molecule has 1 N–H and O–H groups in total. The predicted molar refractivity (Wildman–Crippen MR) is 191 cm³/mol. The standard InChI is InChI=1S/C43H35N3/c1-42(2)38-23-11-10-22-36(38)37-25-24-34(28-39(37)42)32-19-12-18-31(26-32)33-20-13-21-35(27-33)43(3)45-40(29-14-6-4-7-15-29)44-41(46-43)30-16-8-5-9-17-30/h4-28H,1-3H3,(H,44,45,46). The van der Waals surface area contributed by atoms with E-state index in [-0.39, 0.29) is 5.41 Å². The van der Waals surface area contributed by atoms with Crippen LogP contribution < -0.4 is 5.32 Å². The van der Waals surface area contributed by atoms with Gasteiger partial charge in [0, 0.05) is 16.5 Å². The summed E-state index contributed by atoms with van der Waals surface area (Å²) in [6, 6.07) is 53.9. The summed E-state index contributed by atoms with van der Waals surface area (Å²) in [6.45, 7) is 6.80. The quantitative estimate of drug-likeness (QED) is 0.212. The van der Waals surface area contributed by atoms with Crippen LogP contribution in [0.1, 0.15) is 48.6 Å². The molecule has 6 aromatic rings. The van der Waals surface area contributed by atoms with Gasteiger partial charge in [0.2, 0.25) is 0 Å². The van der Waals surface area contributed by atoms with Crippen molar-refractivity contribution < 1.29 is 0 Å². The maximum Gasteiger partial charge on any atom is 0.159 e. The lowest BCUT2D eigenvalue weighted by Gasteiger charge is -2.33. The van der Waals surface area contributed by atoms with E-state index < -0.39 is 5.66 Å². The van der Waals surface area contributed by atoms with Gasteiger partial charge in [0.05, 0.1) is 0 Å². The molecule has 46 heavy (non-hydrogen) atoms. The highest BCUT2D eigenvalue weighted by molar-refractivity contribution is 6.13. The normalized spacial score (nSPS) is 17.7. The van der Waals surface area contributed by atoms with Crippen molar-refractivity contribution in [3.63, 3.8) is 0 Å². The number of rotatable bonds is 5. The Morgan fingerprint density at radius 3 is 1.76 bits per heavy atom.